The van der Waals surface area contributed by atoms with E-state index in [-0.39, 0.29) is 11.8 Å². The maximum atomic E-state index is 12.4. The predicted octanol–water partition coefficient (Wildman–Crippen LogP) is 4.10. The highest BCUT2D eigenvalue weighted by molar-refractivity contribution is 8.02. The van der Waals surface area contributed by atoms with Crippen molar-refractivity contribution in [3.05, 3.63) is 70.3 Å². The van der Waals surface area contributed by atoms with Crippen molar-refractivity contribution in [2.75, 3.05) is 23.0 Å². The van der Waals surface area contributed by atoms with Crippen LogP contribution in [0, 0.1) is 13.8 Å². The molecule has 0 bridgehead atoms. The highest BCUT2D eigenvalue weighted by atomic mass is 32.2. The number of benzene rings is 2. The Hall–Kier alpha value is -2.73. The molecule has 0 saturated carbocycles. The quantitative estimate of drug-likeness (QED) is 0.853. The molecule has 2 N–H and O–H groups in total. The monoisotopic (exact) mass is 368 g/mol. The van der Waals surface area contributed by atoms with Crippen molar-refractivity contribution >= 4 is 35.0 Å². The minimum atomic E-state index is -0.287. The van der Waals surface area contributed by atoms with Crippen LogP contribution in [0.2, 0.25) is 0 Å². The van der Waals surface area contributed by atoms with Crippen molar-refractivity contribution in [2.24, 2.45) is 0 Å². The van der Waals surface area contributed by atoms with Crippen LogP contribution in [0.15, 0.2) is 53.6 Å². The molecule has 0 spiro atoms. The number of amides is 2. The summed E-state index contributed by atoms with van der Waals surface area (Å²) in [6.07, 6.45) is 0. The van der Waals surface area contributed by atoms with Crippen LogP contribution >= 0.6 is 11.8 Å². The lowest BCUT2D eigenvalue weighted by molar-refractivity contribution is -0.116. The van der Waals surface area contributed by atoms with E-state index in [1.165, 1.54) is 0 Å². The van der Waals surface area contributed by atoms with Gasteiger partial charge >= 0.3 is 0 Å². The molecule has 1 aliphatic rings. The molecule has 26 heavy (non-hydrogen) atoms. The zero-order chi connectivity index (χ0) is 18.5. The first-order valence-corrected chi connectivity index (χ1v) is 9.33. The molecule has 0 fully saturated rings. The SMILES string of the molecule is Cc1cccc(NC(=O)c2ccc(NC(=O)C3=CSCCO3)cc2)c1C. The summed E-state index contributed by atoms with van der Waals surface area (Å²) in [7, 11) is 0. The number of thioether (sulfide) groups is 1. The number of rotatable bonds is 4. The summed E-state index contributed by atoms with van der Waals surface area (Å²) < 4.78 is 5.33. The Labute approximate surface area is 156 Å². The third kappa shape index (κ3) is 4.26. The van der Waals surface area contributed by atoms with Crippen LogP contribution in [-0.4, -0.2) is 24.2 Å². The number of aryl methyl sites for hydroxylation is 1. The fourth-order valence-corrected chi connectivity index (χ4v) is 3.09. The van der Waals surface area contributed by atoms with Gasteiger partial charge in [-0.15, -0.1) is 11.8 Å². The standard InChI is InChI=1S/C20H20N2O3S/c1-13-4-3-5-17(14(13)2)22-19(23)15-6-8-16(9-7-15)21-20(24)18-12-26-11-10-25-18/h3-9,12H,10-11H2,1-2H3,(H,21,24)(H,22,23). The van der Waals surface area contributed by atoms with E-state index in [0.717, 1.165) is 22.6 Å². The molecule has 0 aliphatic carbocycles. The average molecular weight is 368 g/mol. The third-order valence-electron chi connectivity index (χ3n) is 4.13. The molecule has 6 heteroatoms. The van der Waals surface area contributed by atoms with Crippen LogP contribution in [-0.2, 0) is 9.53 Å². The van der Waals surface area contributed by atoms with Crippen molar-refractivity contribution in [3.63, 3.8) is 0 Å². The van der Waals surface area contributed by atoms with Crippen LogP contribution in [0.3, 0.4) is 0 Å². The highest BCUT2D eigenvalue weighted by Crippen LogP contribution is 2.20. The Bertz CT molecular complexity index is 860. The third-order valence-corrected chi connectivity index (χ3v) is 4.91. The van der Waals surface area contributed by atoms with Crippen LogP contribution in [0.25, 0.3) is 0 Å². The number of hydrogen-bond acceptors (Lipinski definition) is 4. The summed E-state index contributed by atoms with van der Waals surface area (Å²) >= 11 is 1.55. The Kier molecular flexibility index (Phi) is 5.63. The average Bonchev–Trinajstić information content (AvgIpc) is 2.66. The number of carbonyl (C=O) groups excluding carboxylic acids is 2. The molecule has 3 rings (SSSR count). The number of nitrogens with one attached hydrogen (secondary N) is 2. The van der Waals surface area contributed by atoms with E-state index < -0.39 is 0 Å². The van der Waals surface area contributed by atoms with E-state index in [9.17, 15) is 9.59 Å². The fraction of sp³-hybridized carbons (Fsp3) is 0.200. The maximum Gasteiger partial charge on any atom is 0.291 e. The van der Waals surface area contributed by atoms with Crippen molar-refractivity contribution in [3.8, 4) is 0 Å². The summed E-state index contributed by atoms with van der Waals surface area (Å²) in [6.45, 7) is 4.51. The molecule has 0 unspecified atom stereocenters. The Morgan fingerprint density at radius 3 is 2.46 bits per heavy atom. The molecule has 2 amide bonds. The van der Waals surface area contributed by atoms with E-state index in [2.05, 4.69) is 10.6 Å². The molecule has 2 aromatic rings. The molecule has 0 atom stereocenters. The van der Waals surface area contributed by atoms with Gasteiger partial charge in [-0.25, -0.2) is 0 Å². The van der Waals surface area contributed by atoms with Crippen molar-refractivity contribution < 1.29 is 14.3 Å². The zero-order valence-electron chi connectivity index (χ0n) is 14.7. The van der Waals surface area contributed by atoms with Crippen molar-refractivity contribution in [1.29, 1.82) is 0 Å². The Morgan fingerprint density at radius 2 is 1.77 bits per heavy atom. The molecule has 1 aliphatic heterocycles. The van der Waals surface area contributed by atoms with Gasteiger partial charge in [0.2, 0.25) is 0 Å². The van der Waals surface area contributed by atoms with Crippen LogP contribution in [0.4, 0.5) is 11.4 Å². The lowest BCUT2D eigenvalue weighted by Crippen LogP contribution is -2.19. The summed E-state index contributed by atoms with van der Waals surface area (Å²) in [5.74, 6) is 0.690. The van der Waals surface area contributed by atoms with Gasteiger partial charge in [0.05, 0.1) is 6.61 Å². The molecule has 0 radical (unpaired) electrons. The molecule has 5 nitrogen and oxygen atoms in total. The molecular formula is C20H20N2O3S. The van der Waals surface area contributed by atoms with Crippen LogP contribution < -0.4 is 10.6 Å². The second kappa shape index (κ2) is 8.10. The maximum absolute atomic E-state index is 12.4. The van der Waals surface area contributed by atoms with E-state index in [0.29, 0.717) is 23.6 Å². The summed E-state index contributed by atoms with van der Waals surface area (Å²) in [4.78, 5) is 24.5. The molecule has 0 saturated heterocycles. The predicted molar refractivity (Wildman–Crippen MR) is 105 cm³/mol. The molecule has 0 aromatic heterocycles. The van der Waals surface area contributed by atoms with E-state index >= 15 is 0 Å². The Morgan fingerprint density at radius 1 is 1.00 bits per heavy atom. The molecule has 134 valence electrons. The first-order valence-electron chi connectivity index (χ1n) is 8.28. The van der Waals surface area contributed by atoms with E-state index in [4.69, 9.17) is 4.74 Å². The van der Waals surface area contributed by atoms with Gasteiger partial charge in [-0.2, -0.15) is 0 Å². The number of ether oxygens (including phenoxy) is 1. The lowest BCUT2D eigenvalue weighted by atomic mass is 10.1. The van der Waals surface area contributed by atoms with Gasteiger partial charge in [-0.05, 0) is 55.3 Å². The summed E-state index contributed by atoms with van der Waals surface area (Å²) in [6, 6.07) is 12.6. The Balaban J connectivity index is 1.65. The smallest absolute Gasteiger partial charge is 0.291 e. The fourth-order valence-electron chi connectivity index (χ4n) is 2.47. The largest absolute Gasteiger partial charge is 0.487 e. The van der Waals surface area contributed by atoms with Gasteiger partial charge in [0, 0.05) is 28.1 Å². The van der Waals surface area contributed by atoms with Crippen LogP contribution in [0.1, 0.15) is 21.5 Å². The second-order valence-electron chi connectivity index (χ2n) is 5.93. The molecule has 2 aromatic carbocycles. The van der Waals surface area contributed by atoms with Gasteiger partial charge in [0.15, 0.2) is 5.76 Å². The highest BCUT2D eigenvalue weighted by Gasteiger charge is 2.15. The van der Waals surface area contributed by atoms with Gasteiger partial charge in [-0.1, -0.05) is 12.1 Å². The van der Waals surface area contributed by atoms with Gasteiger partial charge in [-0.3, -0.25) is 9.59 Å². The van der Waals surface area contributed by atoms with Crippen molar-refractivity contribution in [2.45, 2.75) is 13.8 Å². The zero-order valence-corrected chi connectivity index (χ0v) is 15.5. The first-order chi connectivity index (χ1) is 12.5. The number of anilines is 2. The van der Waals surface area contributed by atoms with Crippen LogP contribution in [0.5, 0.6) is 0 Å². The van der Waals surface area contributed by atoms with Gasteiger partial charge in [0.25, 0.3) is 11.8 Å². The second-order valence-corrected chi connectivity index (χ2v) is 6.91. The number of carbonyl (C=O) groups is 2. The summed E-state index contributed by atoms with van der Waals surface area (Å²) in [5.41, 5.74) is 4.10. The minimum absolute atomic E-state index is 0.189. The molecule has 1 heterocycles. The van der Waals surface area contributed by atoms with E-state index in [1.54, 1.807) is 41.4 Å². The van der Waals surface area contributed by atoms with Gasteiger partial charge in [0.1, 0.15) is 0 Å². The first kappa shape index (κ1) is 18.1. The molecular weight excluding hydrogens is 348 g/mol. The lowest BCUT2D eigenvalue weighted by Gasteiger charge is -2.14. The van der Waals surface area contributed by atoms with E-state index in [1.807, 2.05) is 32.0 Å². The van der Waals surface area contributed by atoms with Crippen molar-refractivity contribution in [1.82, 2.24) is 0 Å². The minimum Gasteiger partial charge on any atom is -0.487 e. The summed E-state index contributed by atoms with van der Waals surface area (Å²) in [5, 5.41) is 7.40. The van der Waals surface area contributed by atoms with Gasteiger partial charge < -0.3 is 15.4 Å². The topological polar surface area (TPSA) is 67.4 Å². The normalized spacial score (nSPS) is 13.4. The number of hydrogen-bond donors (Lipinski definition) is 2.